The highest BCUT2D eigenvalue weighted by Gasteiger charge is 2.31. The van der Waals surface area contributed by atoms with Gasteiger partial charge in [-0.1, -0.05) is 12.0 Å². The van der Waals surface area contributed by atoms with Crippen molar-refractivity contribution in [3.63, 3.8) is 0 Å². The molecule has 6 rings (SSSR count). The van der Waals surface area contributed by atoms with Crippen molar-refractivity contribution in [3.8, 4) is 12.3 Å². The number of hydrogen-bond donors (Lipinski definition) is 1. The van der Waals surface area contributed by atoms with Gasteiger partial charge >= 0.3 is 0 Å². The van der Waals surface area contributed by atoms with Crippen LogP contribution in [-0.4, -0.2) is 43.6 Å². The molecule has 1 N–H and O–H groups in total. The highest BCUT2D eigenvalue weighted by Crippen LogP contribution is 2.37. The summed E-state index contributed by atoms with van der Waals surface area (Å²) in [6, 6.07) is 9.76. The SMILES string of the molecule is C#Cc1cc2c3c(c1)c(C1=C(c4cnc5ccccn45)NCC1=O)cn3CCN(C(C)=O)C2. The molecule has 0 saturated carbocycles. The summed E-state index contributed by atoms with van der Waals surface area (Å²) in [5.74, 6) is 2.81. The van der Waals surface area contributed by atoms with Gasteiger partial charge in [-0.2, -0.15) is 0 Å². The van der Waals surface area contributed by atoms with E-state index in [1.807, 2.05) is 52.0 Å². The molecule has 7 heteroatoms. The molecule has 0 unspecified atom stereocenters. The fourth-order valence-corrected chi connectivity index (χ4v) is 5.00. The molecular weight excluding hydrogens is 414 g/mol. The zero-order valence-corrected chi connectivity index (χ0v) is 18.1. The molecule has 1 aromatic carbocycles. The van der Waals surface area contributed by atoms with Gasteiger partial charge in [0, 0.05) is 55.5 Å². The number of benzene rings is 1. The van der Waals surface area contributed by atoms with Crippen LogP contribution in [0.5, 0.6) is 0 Å². The van der Waals surface area contributed by atoms with Crippen molar-refractivity contribution in [1.82, 2.24) is 24.2 Å². The van der Waals surface area contributed by atoms with Crippen molar-refractivity contribution in [3.05, 3.63) is 71.3 Å². The van der Waals surface area contributed by atoms with Gasteiger partial charge in [-0.05, 0) is 29.8 Å². The Morgan fingerprint density at radius 2 is 2.12 bits per heavy atom. The first-order chi connectivity index (χ1) is 16.0. The number of carbonyl (C=O) groups is 2. The molecule has 0 aliphatic carbocycles. The van der Waals surface area contributed by atoms with E-state index in [1.54, 1.807) is 13.1 Å². The quantitative estimate of drug-likeness (QED) is 0.492. The smallest absolute Gasteiger partial charge is 0.219 e. The Kier molecular flexibility index (Phi) is 4.17. The first-order valence-corrected chi connectivity index (χ1v) is 10.9. The van der Waals surface area contributed by atoms with E-state index in [2.05, 4.69) is 20.8 Å². The fourth-order valence-electron chi connectivity index (χ4n) is 5.00. The van der Waals surface area contributed by atoms with E-state index in [4.69, 9.17) is 6.42 Å². The lowest BCUT2D eigenvalue weighted by Crippen LogP contribution is -2.29. The van der Waals surface area contributed by atoms with Crippen LogP contribution < -0.4 is 5.32 Å². The van der Waals surface area contributed by atoms with Crippen LogP contribution in [0.15, 0.2) is 48.9 Å². The summed E-state index contributed by atoms with van der Waals surface area (Å²) in [6.07, 6.45) is 11.5. The molecule has 0 fully saturated rings. The molecule has 7 nitrogen and oxygen atoms in total. The number of hydrogen-bond acceptors (Lipinski definition) is 4. The van der Waals surface area contributed by atoms with Gasteiger partial charge in [-0.15, -0.1) is 6.42 Å². The minimum absolute atomic E-state index is 0.0324. The van der Waals surface area contributed by atoms with Gasteiger partial charge in [0.05, 0.1) is 35.2 Å². The number of aromatic nitrogens is 3. The predicted molar refractivity (Wildman–Crippen MR) is 126 cm³/mol. The lowest BCUT2D eigenvalue weighted by atomic mass is 9.97. The normalized spacial score (nSPS) is 15.8. The standard InChI is InChI=1S/C26H21N5O2/c1-3-17-10-18-14-29(16(2)32)8-9-30-15-20(19(11-17)26(18)30)24-22(33)13-28-25(24)21-12-27-23-6-4-5-7-31(21)23/h1,4-7,10-12,15,28H,8-9,13-14H2,2H3. The second kappa shape index (κ2) is 7.10. The average Bonchev–Trinajstić information content (AvgIpc) is 3.47. The molecule has 0 bridgehead atoms. The maximum atomic E-state index is 13.2. The number of terminal acetylenes is 1. The third-order valence-electron chi connectivity index (χ3n) is 6.53. The molecule has 2 aliphatic rings. The zero-order valence-electron chi connectivity index (χ0n) is 18.1. The summed E-state index contributed by atoms with van der Waals surface area (Å²) < 4.78 is 4.13. The Balaban J connectivity index is 1.62. The van der Waals surface area contributed by atoms with Crippen molar-refractivity contribution in [2.24, 2.45) is 0 Å². The van der Waals surface area contributed by atoms with Gasteiger partial charge in [-0.3, -0.25) is 14.0 Å². The van der Waals surface area contributed by atoms with Crippen LogP contribution >= 0.6 is 0 Å². The molecule has 33 heavy (non-hydrogen) atoms. The third kappa shape index (κ3) is 2.88. The van der Waals surface area contributed by atoms with Crippen LogP contribution in [0.2, 0.25) is 0 Å². The average molecular weight is 435 g/mol. The molecule has 0 atom stereocenters. The largest absolute Gasteiger partial charge is 0.375 e. The molecule has 0 saturated heterocycles. The van der Waals surface area contributed by atoms with Crippen LogP contribution in [0.4, 0.5) is 0 Å². The van der Waals surface area contributed by atoms with E-state index < -0.39 is 0 Å². The molecule has 1 amide bonds. The molecule has 5 heterocycles. The minimum Gasteiger partial charge on any atom is -0.375 e. The highest BCUT2D eigenvalue weighted by molar-refractivity contribution is 6.33. The van der Waals surface area contributed by atoms with Crippen molar-refractivity contribution >= 4 is 39.5 Å². The van der Waals surface area contributed by atoms with Crippen LogP contribution in [-0.2, 0) is 22.7 Å². The molecule has 162 valence electrons. The number of Topliss-reactive ketones (excluding diaryl/α,β-unsaturated/α-hetero) is 1. The van der Waals surface area contributed by atoms with Gasteiger partial charge < -0.3 is 14.8 Å². The minimum atomic E-state index is 0.0324. The number of rotatable bonds is 2. The lowest BCUT2D eigenvalue weighted by molar-refractivity contribution is -0.129. The van der Waals surface area contributed by atoms with E-state index >= 15 is 0 Å². The summed E-state index contributed by atoms with van der Waals surface area (Å²) in [4.78, 5) is 31.6. The number of imidazole rings is 1. The number of ketones is 1. The van der Waals surface area contributed by atoms with E-state index in [9.17, 15) is 9.59 Å². The molecule has 4 aromatic rings. The molecule has 0 spiro atoms. The number of nitrogens with zero attached hydrogens (tertiary/aromatic N) is 4. The van der Waals surface area contributed by atoms with Crippen LogP contribution in [0, 0.1) is 12.3 Å². The number of fused-ring (bicyclic) bond motifs is 1. The number of carbonyl (C=O) groups excluding carboxylic acids is 2. The number of amides is 1. The van der Waals surface area contributed by atoms with E-state index in [-0.39, 0.29) is 18.2 Å². The van der Waals surface area contributed by atoms with Crippen LogP contribution in [0.1, 0.15) is 29.3 Å². The number of pyridine rings is 1. The van der Waals surface area contributed by atoms with Crippen molar-refractivity contribution in [1.29, 1.82) is 0 Å². The Labute approximate surface area is 190 Å². The summed E-state index contributed by atoms with van der Waals surface area (Å²) >= 11 is 0. The topological polar surface area (TPSA) is 71.6 Å². The van der Waals surface area contributed by atoms with E-state index in [0.29, 0.717) is 25.2 Å². The first-order valence-electron chi connectivity index (χ1n) is 10.9. The molecule has 0 radical (unpaired) electrons. The van der Waals surface area contributed by atoms with E-state index in [1.165, 1.54) is 0 Å². The van der Waals surface area contributed by atoms with Crippen molar-refractivity contribution < 1.29 is 9.59 Å². The van der Waals surface area contributed by atoms with Crippen LogP contribution in [0.3, 0.4) is 0 Å². The van der Waals surface area contributed by atoms with Gasteiger partial charge in [0.2, 0.25) is 5.91 Å². The Hall–Kier alpha value is -4.31. The Bertz CT molecular complexity index is 1560. The second-order valence-electron chi connectivity index (χ2n) is 8.45. The Morgan fingerprint density at radius 1 is 1.24 bits per heavy atom. The monoisotopic (exact) mass is 435 g/mol. The highest BCUT2D eigenvalue weighted by atomic mass is 16.2. The van der Waals surface area contributed by atoms with Crippen LogP contribution in [0.25, 0.3) is 27.8 Å². The van der Waals surface area contributed by atoms with Crippen molar-refractivity contribution in [2.45, 2.75) is 20.0 Å². The summed E-state index contributed by atoms with van der Waals surface area (Å²) in [6.45, 7) is 3.57. The maximum Gasteiger partial charge on any atom is 0.219 e. The zero-order chi connectivity index (χ0) is 22.7. The summed E-state index contributed by atoms with van der Waals surface area (Å²) in [7, 11) is 0. The van der Waals surface area contributed by atoms with E-state index in [0.717, 1.165) is 44.6 Å². The predicted octanol–water partition coefficient (Wildman–Crippen LogP) is 2.67. The summed E-state index contributed by atoms with van der Waals surface area (Å²) in [5.41, 5.74) is 6.69. The molecule has 3 aromatic heterocycles. The number of nitrogens with one attached hydrogen (secondary N) is 1. The second-order valence-corrected chi connectivity index (χ2v) is 8.45. The van der Waals surface area contributed by atoms with Gasteiger partial charge in [0.25, 0.3) is 0 Å². The van der Waals surface area contributed by atoms with Gasteiger partial charge in [0.15, 0.2) is 5.78 Å². The Morgan fingerprint density at radius 3 is 2.94 bits per heavy atom. The van der Waals surface area contributed by atoms with Gasteiger partial charge in [-0.25, -0.2) is 4.98 Å². The summed E-state index contributed by atoms with van der Waals surface area (Å²) in [5, 5.41) is 4.24. The van der Waals surface area contributed by atoms with Gasteiger partial charge in [0.1, 0.15) is 5.65 Å². The fraction of sp³-hybridized carbons (Fsp3) is 0.192. The van der Waals surface area contributed by atoms with Crippen molar-refractivity contribution in [2.75, 3.05) is 13.1 Å². The first kappa shape index (κ1) is 19.4. The molecule has 2 aliphatic heterocycles. The lowest BCUT2D eigenvalue weighted by Gasteiger charge is -2.18. The maximum absolute atomic E-state index is 13.2. The third-order valence-corrected chi connectivity index (χ3v) is 6.53. The molecular formula is C26H21N5O2.